The Morgan fingerprint density at radius 3 is 2.26 bits per heavy atom. The Bertz CT molecular complexity index is 1020. The second kappa shape index (κ2) is 9.51. The van der Waals surface area contributed by atoms with Crippen molar-refractivity contribution in [1.82, 2.24) is 15.5 Å². The molecule has 0 saturated carbocycles. The normalized spacial score (nSPS) is 12.8. The van der Waals surface area contributed by atoms with Crippen molar-refractivity contribution in [3.05, 3.63) is 70.5 Å². The lowest BCUT2D eigenvalue weighted by molar-refractivity contribution is -0.120. The molecule has 1 aliphatic rings. The van der Waals surface area contributed by atoms with Gasteiger partial charge in [0, 0.05) is 25.2 Å². The van der Waals surface area contributed by atoms with Gasteiger partial charge in [0.15, 0.2) is 0 Å². The summed E-state index contributed by atoms with van der Waals surface area (Å²) >= 11 is 0. The van der Waals surface area contributed by atoms with Gasteiger partial charge in [0.2, 0.25) is 5.91 Å². The molecule has 0 atom stereocenters. The van der Waals surface area contributed by atoms with Crippen LogP contribution in [-0.2, 0) is 11.2 Å². The molecule has 0 fully saturated rings. The van der Waals surface area contributed by atoms with Gasteiger partial charge in [-0.15, -0.1) is 0 Å². The molecule has 1 heterocycles. The number of imide groups is 1. The van der Waals surface area contributed by atoms with Crippen LogP contribution in [0.5, 0.6) is 0 Å². The second-order valence-corrected chi connectivity index (χ2v) is 7.78. The summed E-state index contributed by atoms with van der Waals surface area (Å²) < 4.78 is 12.9. The minimum absolute atomic E-state index is 0.113. The van der Waals surface area contributed by atoms with Gasteiger partial charge in [0.05, 0.1) is 17.5 Å². The highest BCUT2D eigenvalue weighted by Gasteiger charge is 2.36. The number of amides is 4. The zero-order chi connectivity index (χ0) is 22.5. The van der Waals surface area contributed by atoms with Crippen molar-refractivity contribution in [3.63, 3.8) is 0 Å². The zero-order valence-corrected chi connectivity index (χ0v) is 17.4. The first kappa shape index (κ1) is 22.1. The molecule has 2 aromatic carbocycles. The van der Waals surface area contributed by atoms with Gasteiger partial charge in [-0.25, -0.2) is 4.39 Å². The van der Waals surface area contributed by atoms with Gasteiger partial charge >= 0.3 is 0 Å². The molecule has 2 N–H and O–H groups in total. The van der Waals surface area contributed by atoms with Gasteiger partial charge < -0.3 is 10.6 Å². The summed E-state index contributed by atoms with van der Waals surface area (Å²) in [5.41, 5.74) is 1.48. The van der Waals surface area contributed by atoms with E-state index in [9.17, 15) is 23.6 Å². The van der Waals surface area contributed by atoms with E-state index in [2.05, 4.69) is 10.6 Å². The van der Waals surface area contributed by atoms with Crippen LogP contribution in [0, 0.1) is 11.7 Å². The number of halogens is 1. The molecule has 31 heavy (non-hydrogen) atoms. The number of fused-ring (bicyclic) bond motifs is 1. The van der Waals surface area contributed by atoms with E-state index in [0.29, 0.717) is 17.7 Å². The highest BCUT2D eigenvalue weighted by atomic mass is 19.1. The standard InChI is InChI=1S/C23H24FN3O4/c1-14(2)13-27-22(30)18-8-5-16(12-19(18)23(27)31)21(29)26-10-9-25-20(28)11-15-3-6-17(24)7-4-15/h3-8,12,14H,9-11,13H2,1-2H3,(H,25,28)(H,26,29). The fourth-order valence-electron chi connectivity index (χ4n) is 3.29. The van der Waals surface area contributed by atoms with Crippen LogP contribution in [0.1, 0.15) is 50.5 Å². The number of benzene rings is 2. The predicted octanol–water partition coefficient (Wildman–Crippen LogP) is 2.17. The number of nitrogens with one attached hydrogen (secondary N) is 2. The van der Waals surface area contributed by atoms with E-state index in [0.717, 1.165) is 0 Å². The van der Waals surface area contributed by atoms with Gasteiger partial charge in [-0.3, -0.25) is 24.1 Å². The Hall–Kier alpha value is -3.55. The number of hydrogen-bond donors (Lipinski definition) is 2. The van der Waals surface area contributed by atoms with Gasteiger partial charge in [-0.05, 0) is 41.8 Å². The lowest BCUT2D eigenvalue weighted by atomic mass is 10.1. The van der Waals surface area contributed by atoms with Gasteiger partial charge in [-0.2, -0.15) is 0 Å². The number of carbonyl (C=O) groups excluding carboxylic acids is 4. The van der Waals surface area contributed by atoms with Crippen molar-refractivity contribution in [2.24, 2.45) is 5.92 Å². The van der Waals surface area contributed by atoms with E-state index in [1.807, 2.05) is 13.8 Å². The van der Waals surface area contributed by atoms with Crippen molar-refractivity contribution in [2.75, 3.05) is 19.6 Å². The first-order valence-corrected chi connectivity index (χ1v) is 10.1. The first-order valence-electron chi connectivity index (χ1n) is 10.1. The van der Waals surface area contributed by atoms with Crippen molar-refractivity contribution >= 4 is 23.6 Å². The molecular formula is C23H24FN3O4. The molecule has 4 amide bonds. The summed E-state index contributed by atoms with van der Waals surface area (Å²) in [6.07, 6.45) is 0.113. The second-order valence-electron chi connectivity index (χ2n) is 7.78. The molecule has 0 spiro atoms. The highest BCUT2D eigenvalue weighted by Crippen LogP contribution is 2.24. The zero-order valence-electron chi connectivity index (χ0n) is 17.4. The monoisotopic (exact) mass is 425 g/mol. The van der Waals surface area contributed by atoms with Gasteiger partial charge in [-0.1, -0.05) is 26.0 Å². The van der Waals surface area contributed by atoms with Crippen molar-refractivity contribution in [1.29, 1.82) is 0 Å². The minimum Gasteiger partial charge on any atom is -0.354 e. The van der Waals surface area contributed by atoms with E-state index >= 15 is 0 Å². The van der Waals surface area contributed by atoms with Gasteiger partial charge in [0.25, 0.3) is 17.7 Å². The number of hydrogen-bond acceptors (Lipinski definition) is 4. The molecule has 2 aromatic rings. The van der Waals surface area contributed by atoms with E-state index in [-0.39, 0.29) is 54.2 Å². The third kappa shape index (κ3) is 5.33. The Morgan fingerprint density at radius 1 is 0.935 bits per heavy atom. The maximum atomic E-state index is 12.9. The van der Waals surface area contributed by atoms with Crippen LogP contribution in [0.25, 0.3) is 0 Å². The van der Waals surface area contributed by atoms with E-state index in [1.165, 1.54) is 35.2 Å². The Labute approximate surface area is 179 Å². The Balaban J connectivity index is 1.50. The molecular weight excluding hydrogens is 401 g/mol. The fraction of sp³-hybridized carbons (Fsp3) is 0.304. The van der Waals surface area contributed by atoms with Crippen molar-refractivity contribution in [3.8, 4) is 0 Å². The summed E-state index contributed by atoms with van der Waals surface area (Å²) in [5, 5.41) is 5.35. The summed E-state index contributed by atoms with van der Waals surface area (Å²) in [7, 11) is 0. The summed E-state index contributed by atoms with van der Waals surface area (Å²) in [5.74, 6) is -1.60. The smallest absolute Gasteiger partial charge is 0.261 e. The number of rotatable bonds is 8. The number of carbonyl (C=O) groups is 4. The van der Waals surface area contributed by atoms with Crippen LogP contribution in [-0.4, -0.2) is 48.2 Å². The Kier molecular flexibility index (Phi) is 6.79. The summed E-state index contributed by atoms with van der Waals surface area (Å²) in [6, 6.07) is 10.1. The summed E-state index contributed by atoms with van der Waals surface area (Å²) in [6.45, 7) is 4.57. The van der Waals surface area contributed by atoms with Crippen molar-refractivity contribution < 1.29 is 23.6 Å². The molecule has 1 aliphatic heterocycles. The molecule has 7 nitrogen and oxygen atoms in total. The highest BCUT2D eigenvalue weighted by molar-refractivity contribution is 6.22. The average Bonchev–Trinajstić information content (AvgIpc) is 2.96. The lowest BCUT2D eigenvalue weighted by Crippen LogP contribution is -2.35. The summed E-state index contributed by atoms with van der Waals surface area (Å²) in [4.78, 5) is 50.4. The van der Waals surface area contributed by atoms with Crippen LogP contribution in [0.4, 0.5) is 4.39 Å². The third-order valence-corrected chi connectivity index (χ3v) is 4.79. The van der Waals surface area contributed by atoms with Gasteiger partial charge in [0.1, 0.15) is 5.82 Å². The molecule has 0 saturated heterocycles. The number of nitrogens with zero attached hydrogens (tertiary/aromatic N) is 1. The maximum Gasteiger partial charge on any atom is 0.261 e. The third-order valence-electron chi connectivity index (χ3n) is 4.79. The average molecular weight is 425 g/mol. The van der Waals surface area contributed by atoms with Crippen LogP contribution in [0.2, 0.25) is 0 Å². The SMILES string of the molecule is CC(C)CN1C(=O)c2ccc(C(=O)NCCNC(=O)Cc3ccc(F)cc3)cc2C1=O. The predicted molar refractivity (Wildman–Crippen MR) is 112 cm³/mol. The molecule has 0 unspecified atom stereocenters. The Morgan fingerprint density at radius 2 is 1.58 bits per heavy atom. The maximum absolute atomic E-state index is 12.9. The quantitative estimate of drug-likeness (QED) is 0.501. The molecule has 0 bridgehead atoms. The van der Waals surface area contributed by atoms with Crippen molar-refractivity contribution in [2.45, 2.75) is 20.3 Å². The molecule has 3 rings (SSSR count). The fourth-order valence-corrected chi connectivity index (χ4v) is 3.29. The van der Waals surface area contributed by atoms with Crippen LogP contribution in [0.15, 0.2) is 42.5 Å². The molecule has 0 aromatic heterocycles. The van der Waals surface area contributed by atoms with E-state index in [1.54, 1.807) is 12.1 Å². The molecule has 0 radical (unpaired) electrons. The topological polar surface area (TPSA) is 95.6 Å². The van der Waals surface area contributed by atoms with E-state index < -0.39 is 11.8 Å². The van der Waals surface area contributed by atoms with Crippen LogP contribution >= 0.6 is 0 Å². The van der Waals surface area contributed by atoms with Crippen LogP contribution < -0.4 is 10.6 Å². The van der Waals surface area contributed by atoms with Crippen LogP contribution in [0.3, 0.4) is 0 Å². The lowest BCUT2D eigenvalue weighted by Gasteiger charge is -2.15. The molecule has 162 valence electrons. The molecule has 8 heteroatoms. The first-order chi connectivity index (χ1) is 14.8. The largest absolute Gasteiger partial charge is 0.354 e. The minimum atomic E-state index is -0.404. The van der Waals surface area contributed by atoms with E-state index in [4.69, 9.17) is 0 Å². The molecule has 0 aliphatic carbocycles.